The summed E-state index contributed by atoms with van der Waals surface area (Å²) in [6.07, 6.45) is 9.51. The molecule has 0 saturated carbocycles. The molecule has 0 aromatic rings. The van der Waals surface area contributed by atoms with Crippen molar-refractivity contribution in [2.45, 2.75) is 41.0 Å². The molecule has 14 heavy (non-hydrogen) atoms. The van der Waals surface area contributed by atoms with E-state index in [1.54, 1.807) is 0 Å². The lowest BCUT2D eigenvalue weighted by atomic mass is 10.4. The highest BCUT2D eigenvalue weighted by atomic mass is 15.0. The van der Waals surface area contributed by atoms with Gasteiger partial charge < -0.3 is 4.90 Å². The number of hydrogen-bond donors (Lipinski definition) is 0. The lowest BCUT2D eigenvalue weighted by molar-refractivity contribution is 0.456. The summed E-state index contributed by atoms with van der Waals surface area (Å²) in [5.74, 6) is 0. The molecule has 1 nitrogen and oxygen atoms in total. The van der Waals surface area contributed by atoms with E-state index in [4.69, 9.17) is 0 Å². The van der Waals surface area contributed by atoms with E-state index in [2.05, 4.69) is 38.1 Å². The van der Waals surface area contributed by atoms with Crippen molar-refractivity contribution in [2.75, 3.05) is 20.6 Å². The molecule has 0 aliphatic carbocycles. The van der Waals surface area contributed by atoms with E-state index in [1.807, 2.05) is 39.8 Å². The minimum atomic E-state index is 1.06. The fourth-order valence-electron chi connectivity index (χ4n) is 0.452. The molecule has 0 unspecified atom stereocenters. The number of likely N-dealkylation sites (N-methyl/N-ethyl adjacent to an activating group) is 1. The first-order valence-corrected chi connectivity index (χ1v) is 5.56. The zero-order valence-corrected chi connectivity index (χ0v) is 11.2. The number of hydrogen-bond acceptors (Lipinski definition) is 1. The molecule has 0 atom stereocenters. The van der Waals surface area contributed by atoms with E-state index in [0.717, 1.165) is 13.0 Å². The molecule has 0 fully saturated rings. The van der Waals surface area contributed by atoms with E-state index in [0.29, 0.717) is 0 Å². The SMILES string of the molecule is C/C=C/C.CC.CC/C=C\CN(C)C. The van der Waals surface area contributed by atoms with Gasteiger partial charge >= 0.3 is 0 Å². The van der Waals surface area contributed by atoms with Gasteiger partial charge in [-0.3, -0.25) is 0 Å². The van der Waals surface area contributed by atoms with E-state index < -0.39 is 0 Å². The van der Waals surface area contributed by atoms with Crippen molar-refractivity contribution in [2.24, 2.45) is 0 Å². The van der Waals surface area contributed by atoms with Gasteiger partial charge in [-0.2, -0.15) is 0 Å². The normalized spacial score (nSPS) is 9.71. The standard InChI is InChI=1S/C7H15N.C4H8.C2H6/c1-4-5-6-7-8(2)3;1-3-4-2;1-2/h5-6H,4,7H2,1-3H3;3-4H,1-2H3;1-2H3/b6-5-;4-3+;. The first-order valence-electron chi connectivity index (χ1n) is 5.56. The molecule has 0 aliphatic rings. The largest absolute Gasteiger partial charge is 0.306 e. The van der Waals surface area contributed by atoms with Gasteiger partial charge in [0.2, 0.25) is 0 Å². The molecule has 0 radical (unpaired) electrons. The Morgan fingerprint density at radius 3 is 1.57 bits per heavy atom. The number of nitrogens with zero attached hydrogens (tertiary/aromatic N) is 1. The highest BCUT2D eigenvalue weighted by Crippen LogP contribution is 1.80. The van der Waals surface area contributed by atoms with Gasteiger partial charge in [0, 0.05) is 6.54 Å². The van der Waals surface area contributed by atoms with Gasteiger partial charge in [-0.05, 0) is 34.4 Å². The van der Waals surface area contributed by atoms with Crippen LogP contribution in [0.3, 0.4) is 0 Å². The minimum Gasteiger partial charge on any atom is -0.306 e. The van der Waals surface area contributed by atoms with Gasteiger partial charge in [-0.25, -0.2) is 0 Å². The Kier molecular flexibility index (Phi) is 31.2. The van der Waals surface area contributed by atoms with Gasteiger partial charge in [-0.1, -0.05) is 45.1 Å². The van der Waals surface area contributed by atoms with Crippen LogP contribution in [0.25, 0.3) is 0 Å². The van der Waals surface area contributed by atoms with Crippen LogP contribution in [0.4, 0.5) is 0 Å². The van der Waals surface area contributed by atoms with Crippen molar-refractivity contribution >= 4 is 0 Å². The molecule has 0 saturated heterocycles. The van der Waals surface area contributed by atoms with Crippen LogP contribution in [0, 0.1) is 0 Å². The van der Waals surface area contributed by atoms with Gasteiger partial charge in [0.25, 0.3) is 0 Å². The Bertz CT molecular complexity index is 108. The summed E-state index contributed by atoms with van der Waals surface area (Å²) in [7, 11) is 4.14. The summed E-state index contributed by atoms with van der Waals surface area (Å²) in [6, 6.07) is 0. The first kappa shape index (κ1) is 19.1. The van der Waals surface area contributed by atoms with Crippen LogP contribution in [-0.4, -0.2) is 25.5 Å². The molecule has 0 bridgehead atoms. The molecular weight excluding hydrogens is 170 g/mol. The Labute approximate surface area is 91.5 Å². The molecule has 0 aliphatic heterocycles. The van der Waals surface area contributed by atoms with Crippen molar-refractivity contribution < 1.29 is 0 Å². The Balaban J connectivity index is -0.000000170. The molecule has 0 amide bonds. The predicted molar refractivity (Wildman–Crippen MR) is 69.8 cm³/mol. The Morgan fingerprint density at radius 2 is 1.36 bits per heavy atom. The molecule has 0 spiro atoms. The summed E-state index contributed by atoms with van der Waals surface area (Å²) >= 11 is 0. The molecular formula is C13H29N. The Hall–Kier alpha value is -0.560. The smallest absolute Gasteiger partial charge is 0.0157 e. The summed E-state index contributed by atoms with van der Waals surface area (Å²) in [5, 5.41) is 0. The molecule has 0 rings (SSSR count). The Morgan fingerprint density at radius 1 is 0.929 bits per heavy atom. The van der Waals surface area contributed by atoms with Crippen LogP contribution in [0.2, 0.25) is 0 Å². The third-order valence-corrected chi connectivity index (χ3v) is 1.21. The van der Waals surface area contributed by atoms with E-state index >= 15 is 0 Å². The lowest BCUT2D eigenvalue weighted by Gasteiger charge is -2.02. The van der Waals surface area contributed by atoms with Crippen molar-refractivity contribution in [3.8, 4) is 0 Å². The van der Waals surface area contributed by atoms with Gasteiger partial charge in [-0.15, -0.1) is 0 Å². The topological polar surface area (TPSA) is 3.24 Å². The molecule has 0 aromatic heterocycles. The third kappa shape index (κ3) is 42.1. The van der Waals surface area contributed by atoms with Crippen LogP contribution in [0.5, 0.6) is 0 Å². The zero-order chi connectivity index (χ0) is 11.8. The summed E-state index contributed by atoms with van der Waals surface area (Å²) < 4.78 is 0. The highest BCUT2D eigenvalue weighted by Gasteiger charge is 1.78. The summed E-state index contributed by atoms with van der Waals surface area (Å²) in [5.41, 5.74) is 0. The maximum Gasteiger partial charge on any atom is 0.0157 e. The zero-order valence-electron chi connectivity index (χ0n) is 11.2. The number of rotatable bonds is 3. The molecule has 0 heterocycles. The molecule has 1 heteroatoms. The average Bonchev–Trinajstić information content (AvgIpc) is 2.21. The quantitative estimate of drug-likeness (QED) is 0.618. The summed E-state index contributed by atoms with van der Waals surface area (Å²) in [4.78, 5) is 2.14. The average molecular weight is 199 g/mol. The summed E-state index contributed by atoms with van der Waals surface area (Å²) in [6.45, 7) is 11.2. The monoisotopic (exact) mass is 199 g/mol. The van der Waals surface area contributed by atoms with E-state index in [9.17, 15) is 0 Å². The molecule has 86 valence electrons. The van der Waals surface area contributed by atoms with Gasteiger partial charge in [0.15, 0.2) is 0 Å². The van der Waals surface area contributed by atoms with Crippen molar-refractivity contribution in [1.29, 1.82) is 0 Å². The van der Waals surface area contributed by atoms with Gasteiger partial charge in [0.1, 0.15) is 0 Å². The van der Waals surface area contributed by atoms with Crippen LogP contribution < -0.4 is 0 Å². The van der Waals surface area contributed by atoms with E-state index in [1.165, 1.54) is 0 Å². The maximum atomic E-state index is 2.18. The second-order valence-corrected chi connectivity index (χ2v) is 2.81. The maximum absolute atomic E-state index is 2.18. The fraction of sp³-hybridized carbons (Fsp3) is 0.692. The number of allylic oxidation sites excluding steroid dienone is 3. The lowest BCUT2D eigenvalue weighted by Crippen LogP contribution is -2.10. The molecule has 0 N–H and O–H groups in total. The second-order valence-electron chi connectivity index (χ2n) is 2.81. The van der Waals surface area contributed by atoms with Crippen LogP contribution in [-0.2, 0) is 0 Å². The van der Waals surface area contributed by atoms with Crippen molar-refractivity contribution in [3.05, 3.63) is 24.3 Å². The fourth-order valence-corrected chi connectivity index (χ4v) is 0.452. The van der Waals surface area contributed by atoms with E-state index in [-0.39, 0.29) is 0 Å². The third-order valence-electron chi connectivity index (χ3n) is 1.21. The van der Waals surface area contributed by atoms with Crippen molar-refractivity contribution in [1.82, 2.24) is 4.90 Å². The van der Waals surface area contributed by atoms with Crippen LogP contribution in [0.1, 0.15) is 41.0 Å². The first-order chi connectivity index (χ1) is 6.68. The predicted octanol–water partition coefficient (Wildman–Crippen LogP) is 4.12. The van der Waals surface area contributed by atoms with Gasteiger partial charge in [0.05, 0.1) is 0 Å². The minimum absolute atomic E-state index is 1.06. The van der Waals surface area contributed by atoms with Crippen LogP contribution in [0.15, 0.2) is 24.3 Å². The molecule has 0 aromatic carbocycles. The second kappa shape index (κ2) is 22.9. The highest BCUT2D eigenvalue weighted by molar-refractivity contribution is 4.81. The van der Waals surface area contributed by atoms with Crippen LogP contribution >= 0.6 is 0 Å². The van der Waals surface area contributed by atoms with Crippen molar-refractivity contribution in [3.63, 3.8) is 0 Å².